The first-order chi connectivity index (χ1) is 17.4. The summed E-state index contributed by atoms with van der Waals surface area (Å²) in [7, 11) is 1.42. The van der Waals surface area contributed by atoms with Crippen molar-refractivity contribution in [3.8, 4) is 0 Å². The van der Waals surface area contributed by atoms with Gasteiger partial charge in [0.15, 0.2) is 0 Å². The second-order valence-electron chi connectivity index (χ2n) is 10.6. The van der Waals surface area contributed by atoms with Gasteiger partial charge in [-0.15, -0.1) is 0 Å². The molecule has 3 atom stereocenters. The van der Waals surface area contributed by atoms with Crippen molar-refractivity contribution in [1.29, 1.82) is 0 Å². The van der Waals surface area contributed by atoms with Gasteiger partial charge in [0.2, 0.25) is 0 Å². The number of carbonyl (C=O) groups excluding carboxylic acids is 1. The standard InChI is InChI=1S/C27H33N5O4/c1-16-6-9-21-22(31(16)27(35)36-2)10-11-23-25(21)29-24(12-17-14-28-30(15-17)19-7-8-19)32(23)20-5-3-4-18(13-20)26(33)34/h10-11,14-16,18-20H,3-9,12-13H2,1-2H3,(H,33,34)/t16?,18-,20-/m1/s1. The number of carbonyl (C=O) groups is 2. The minimum absolute atomic E-state index is 0.0480. The van der Waals surface area contributed by atoms with Gasteiger partial charge >= 0.3 is 12.1 Å². The molecule has 0 radical (unpaired) electrons. The average molecular weight is 492 g/mol. The lowest BCUT2D eigenvalue weighted by atomic mass is 9.85. The zero-order valence-electron chi connectivity index (χ0n) is 20.9. The van der Waals surface area contributed by atoms with Crippen molar-refractivity contribution >= 4 is 28.8 Å². The summed E-state index contributed by atoms with van der Waals surface area (Å²) in [6.07, 6.45) is 11.5. The number of aliphatic carboxylic acids is 1. The molecule has 2 aliphatic carbocycles. The summed E-state index contributed by atoms with van der Waals surface area (Å²) in [5, 5.41) is 14.3. The quantitative estimate of drug-likeness (QED) is 0.546. The number of imidazole rings is 1. The molecule has 1 amide bonds. The smallest absolute Gasteiger partial charge is 0.414 e. The fraction of sp³-hybridized carbons (Fsp3) is 0.556. The van der Waals surface area contributed by atoms with Crippen LogP contribution in [0.1, 0.15) is 80.9 Å². The zero-order valence-corrected chi connectivity index (χ0v) is 20.9. The number of ether oxygens (including phenoxy) is 1. The minimum atomic E-state index is -0.712. The Morgan fingerprint density at radius 3 is 2.72 bits per heavy atom. The number of benzene rings is 1. The van der Waals surface area contributed by atoms with Crippen LogP contribution in [0.15, 0.2) is 24.5 Å². The summed E-state index contributed by atoms with van der Waals surface area (Å²) in [6, 6.07) is 4.71. The van der Waals surface area contributed by atoms with E-state index in [1.165, 1.54) is 20.0 Å². The number of amides is 1. The molecule has 1 aromatic carbocycles. The molecule has 190 valence electrons. The van der Waals surface area contributed by atoms with Crippen LogP contribution in [0.4, 0.5) is 10.5 Å². The molecule has 9 heteroatoms. The number of rotatable bonds is 5. The number of aryl methyl sites for hydroxylation is 1. The molecule has 0 bridgehead atoms. The Hall–Kier alpha value is -3.36. The normalized spacial score (nSPS) is 24.1. The monoisotopic (exact) mass is 491 g/mol. The van der Waals surface area contributed by atoms with E-state index in [4.69, 9.17) is 9.72 Å². The molecule has 6 rings (SSSR count). The Morgan fingerprint density at radius 2 is 1.97 bits per heavy atom. The molecule has 1 N–H and O–H groups in total. The van der Waals surface area contributed by atoms with Crippen LogP contribution < -0.4 is 4.90 Å². The molecule has 9 nitrogen and oxygen atoms in total. The van der Waals surface area contributed by atoms with Gasteiger partial charge in [0.1, 0.15) is 5.82 Å². The van der Waals surface area contributed by atoms with Crippen molar-refractivity contribution in [3.63, 3.8) is 0 Å². The maximum atomic E-state index is 12.6. The number of hydrogen-bond acceptors (Lipinski definition) is 5. The van der Waals surface area contributed by atoms with Crippen LogP contribution in [0.2, 0.25) is 0 Å². The van der Waals surface area contributed by atoms with Gasteiger partial charge in [-0.05, 0) is 69.6 Å². The van der Waals surface area contributed by atoms with E-state index >= 15 is 0 Å². The number of nitrogens with zero attached hydrogens (tertiary/aromatic N) is 5. The largest absolute Gasteiger partial charge is 0.481 e. The molecule has 3 aromatic rings. The van der Waals surface area contributed by atoms with Gasteiger partial charge in [-0.2, -0.15) is 5.10 Å². The third kappa shape index (κ3) is 3.94. The van der Waals surface area contributed by atoms with Crippen LogP contribution in [-0.4, -0.2) is 49.7 Å². The maximum Gasteiger partial charge on any atom is 0.414 e. The summed E-state index contributed by atoms with van der Waals surface area (Å²) in [5.41, 5.74) is 4.97. The first-order valence-corrected chi connectivity index (χ1v) is 13.1. The van der Waals surface area contributed by atoms with Gasteiger partial charge < -0.3 is 14.4 Å². The zero-order chi connectivity index (χ0) is 25.0. The fourth-order valence-corrected chi connectivity index (χ4v) is 6.17. The average Bonchev–Trinajstić information content (AvgIpc) is 3.51. The number of methoxy groups -OCH3 is 1. The molecule has 1 unspecified atom stereocenters. The van der Waals surface area contributed by atoms with E-state index in [1.807, 2.05) is 19.2 Å². The Bertz CT molecular complexity index is 1320. The summed E-state index contributed by atoms with van der Waals surface area (Å²) in [6.45, 7) is 2.04. The fourth-order valence-electron chi connectivity index (χ4n) is 6.17. The van der Waals surface area contributed by atoms with Crippen LogP contribution in [0.25, 0.3) is 11.0 Å². The minimum Gasteiger partial charge on any atom is -0.481 e. The summed E-state index contributed by atoms with van der Waals surface area (Å²) in [4.78, 5) is 31.4. The highest BCUT2D eigenvalue weighted by molar-refractivity contribution is 5.95. The van der Waals surface area contributed by atoms with Crippen molar-refractivity contribution in [3.05, 3.63) is 41.5 Å². The van der Waals surface area contributed by atoms with Crippen LogP contribution in [-0.2, 0) is 22.4 Å². The van der Waals surface area contributed by atoms with Crippen LogP contribution in [0, 0.1) is 5.92 Å². The van der Waals surface area contributed by atoms with E-state index in [-0.39, 0.29) is 24.1 Å². The van der Waals surface area contributed by atoms with E-state index < -0.39 is 5.97 Å². The molecular formula is C27H33N5O4. The predicted molar refractivity (Wildman–Crippen MR) is 134 cm³/mol. The van der Waals surface area contributed by atoms with E-state index in [2.05, 4.69) is 26.6 Å². The van der Waals surface area contributed by atoms with Gasteiger partial charge in [0.05, 0.1) is 42.0 Å². The molecule has 2 aromatic heterocycles. The third-order valence-electron chi connectivity index (χ3n) is 8.20. The first kappa shape index (κ1) is 23.1. The summed E-state index contributed by atoms with van der Waals surface area (Å²) in [5.74, 6) is -0.107. The Morgan fingerprint density at radius 1 is 1.14 bits per heavy atom. The Kier molecular flexibility index (Phi) is 5.73. The van der Waals surface area contributed by atoms with Crippen LogP contribution >= 0.6 is 0 Å². The van der Waals surface area contributed by atoms with Crippen LogP contribution in [0.5, 0.6) is 0 Å². The maximum absolute atomic E-state index is 12.6. The number of anilines is 1. The van der Waals surface area contributed by atoms with Crippen molar-refractivity contribution in [2.45, 2.75) is 82.8 Å². The lowest BCUT2D eigenvalue weighted by Gasteiger charge is -2.34. The predicted octanol–water partition coefficient (Wildman–Crippen LogP) is 4.88. The molecule has 2 saturated carbocycles. The second-order valence-corrected chi connectivity index (χ2v) is 10.6. The molecule has 1 aliphatic heterocycles. The number of carboxylic acids is 1. The molecule has 3 aliphatic rings. The Balaban J connectivity index is 1.46. The lowest BCUT2D eigenvalue weighted by molar-refractivity contribution is -0.143. The SMILES string of the molecule is COC(=O)N1c2ccc3c(nc(Cc4cnn(C5CC5)c4)n3[C@@H]3CCC[C@@H](C(=O)O)C3)c2CCC1C. The van der Waals surface area contributed by atoms with Crippen molar-refractivity contribution < 1.29 is 19.4 Å². The third-order valence-corrected chi connectivity index (χ3v) is 8.20. The van der Waals surface area contributed by atoms with Gasteiger partial charge in [0, 0.05) is 30.3 Å². The molecular weight excluding hydrogens is 458 g/mol. The van der Waals surface area contributed by atoms with Crippen LogP contribution in [0.3, 0.4) is 0 Å². The first-order valence-electron chi connectivity index (χ1n) is 13.1. The number of fused-ring (bicyclic) bond motifs is 3. The number of carboxylic acid groups (broad SMARTS) is 1. The van der Waals surface area contributed by atoms with Crippen molar-refractivity contribution in [2.75, 3.05) is 12.0 Å². The summed E-state index contributed by atoms with van der Waals surface area (Å²) >= 11 is 0. The second kappa shape index (κ2) is 8.94. The summed E-state index contributed by atoms with van der Waals surface area (Å²) < 4.78 is 9.44. The van der Waals surface area contributed by atoms with Gasteiger partial charge in [0.25, 0.3) is 0 Å². The molecule has 36 heavy (non-hydrogen) atoms. The van der Waals surface area contributed by atoms with E-state index in [0.29, 0.717) is 18.9 Å². The number of aromatic nitrogens is 4. The number of hydrogen-bond donors (Lipinski definition) is 1. The highest BCUT2D eigenvalue weighted by Crippen LogP contribution is 2.41. The van der Waals surface area contributed by atoms with Gasteiger partial charge in [-0.25, -0.2) is 9.78 Å². The highest BCUT2D eigenvalue weighted by Gasteiger charge is 2.34. The lowest BCUT2D eigenvalue weighted by Crippen LogP contribution is -2.42. The highest BCUT2D eigenvalue weighted by atomic mass is 16.5. The molecule has 2 fully saturated rings. The van der Waals surface area contributed by atoms with E-state index in [9.17, 15) is 14.7 Å². The van der Waals surface area contributed by atoms with Gasteiger partial charge in [-0.3, -0.25) is 14.4 Å². The van der Waals surface area contributed by atoms with E-state index in [1.54, 1.807) is 4.90 Å². The Labute approximate surface area is 210 Å². The van der Waals surface area contributed by atoms with Gasteiger partial charge in [-0.1, -0.05) is 6.42 Å². The van der Waals surface area contributed by atoms with Crippen molar-refractivity contribution in [2.24, 2.45) is 5.92 Å². The molecule has 0 saturated heterocycles. The topological polar surface area (TPSA) is 102 Å². The van der Waals surface area contributed by atoms with E-state index in [0.717, 1.165) is 65.8 Å². The molecule has 0 spiro atoms. The van der Waals surface area contributed by atoms with Crippen molar-refractivity contribution in [1.82, 2.24) is 19.3 Å². The molecule has 3 heterocycles.